The molecule has 96 valence electrons. The van der Waals surface area contributed by atoms with Crippen LogP contribution in [0, 0.1) is 0 Å². The molecule has 0 spiro atoms. The van der Waals surface area contributed by atoms with Gasteiger partial charge in [-0.05, 0) is 24.3 Å². The van der Waals surface area contributed by atoms with Gasteiger partial charge in [-0.25, -0.2) is 0 Å². The van der Waals surface area contributed by atoms with E-state index < -0.39 is 11.6 Å². The summed E-state index contributed by atoms with van der Waals surface area (Å²) in [4.78, 5) is 31.1. The quantitative estimate of drug-likeness (QED) is 0.612. The molecular formula is C14H12N2O3. The molecule has 0 aliphatic rings. The van der Waals surface area contributed by atoms with Crippen LogP contribution in [0.2, 0.25) is 0 Å². The van der Waals surface area contributed by atoms with Gasteiger partial charge < -0.3 is 4.74 Å². The molecule has 2 aromatic heterocycles. The Morgan fingerprint density at radius 2 is 1.63 bits per heavy atom. The van der Waals surface area contributed by atoms with Gasteiger partial charge in [0.25, 0.3) is 0 Å². The second-order valence-electron chi connectivity index (χ2n) is 3.88. The smallest absolute Gasteiger partial charge is 0.304 e. The Kier molecular flexibility index (Phi) is 3.66. The van der Waals surface area contributed by atoms with E-state index in [0.717, 1.165) is 0 Å². The van der Waals surface area contributed by atoms with Crippen molar-refractivity contribution in [2.75, 3.05) is 0 Å². The van der Waals surface area contributed by atoms with Gasteiger partial charge in [-0.15, -0.1) is 0 Å². The number of aldehydes is 1. The molecular weight excluding hydrogens is 244 g/mol. The zero-order valence-electron chi connectivity index (χ0n) is 10.3. The fraction of sp³-hybridized carbons (Fsp3) is 0.143. The summed E-state index contributed by atoms with van der Waals surface area (Å²) in [6, 6.07) is 10.1. The van der Waals surface area contributed by atoms with Crippen molar-refractivity contribution in [2.45, 2.75) is 12.5 Å². The number of carbonyl (C=O) groups excluding carboxylic acids is 2. The lowest BCUT2D eigenvalue weighted by molar-refractivity contribution is -0.158. The number of carbonyl (C=O) groups is 2. The number of pyridine rings is 2. The van der Waals surface area contributed by atoms with Gasteiger partial charge in [-0.3, -0.25) is 19.6 Å². The maximum Gasteiger partial charge on any atom is 0.304 e. The second-order valence-corrected chi connectivity index (χ2v) is 3.88. The highest BCUT2D eigenvalue weighted by molar-refractivity contribution is 5.77. The van der Waals surface area contributed by atoms with Crippen molar-refractivity contribution >= 4 is 12.3 Å². The van der Waals surface area contributed by atoms with Crippen LogP contribution in [-0.4, -0.2) is 22.2 Å². The number of nitrogens with zero attached hydrogens (tertiary/aromatic N) is 2. The van der Waals surface area contributed by atoms with Crippen LogP contribution in [0.5, 0.6) is 0 Å². The molecule has 0 N–H and O–H groups in total. The van der Waals surface area contributed by atoms with Crippen molar-refractivity contribution in [3.05, 3.63) is 60.2 Å². The summed E-state index contributed by atoms with van der Waals surface area (Å²) in [5.41, 5.74) is -0.966. The Labute approximate surface area is 110 Å². The lowest BCUT2D eigenvalue weighted by Crippen LogP contribution is -2.36. The first-order valence-corrected chi connectivity index (χ1v) is 5.68. The molecule has 0 unspecified atom stereocenters. The van der Waals surface area contributed by atoms with Crippen molar-refractivity contribution < 1.29 is 14.3 Å². The molecule has 0 fully saturated rings. The predicted octanol–water partition coefficient (Wildman–Crippen LogP) is 1.48. The number of hydrogen-bond acceptors (Lipinski definition) is 5. The van der Waals surface area contributed by atoms with E-state index >= 15 is 0 Å². The van der Waals surface area contributed by atoms with Gasteiger partial charge in [0.15, 0.2) is 6.29 Å². The molecule has 2 aromatic rings. The van der Waals surface area contributed by atoms with Crippen molar-refractivity contribution in [2.24, 2.45) is 0 Å². The Balaban J connectivity index is 2.61. The van der Waals surface area contributed by atoms with Crippen LogP contribution in [0.1, 0.15) is 18.3 Å². The van der Waals surface area contributed by atoms with E-state index in [4.69, 9.17) is 4.74 Å². The van der Waals surface area contributed by atoms with E-state index in [1.54, 1.807) is 36.4 Å². The molecule has 2 heterocycles. The van der Waals surface area contributed by atoms with Crippen molar-refractivity contribution in [3.8, 4) is 0 Å². The minimum atomic E-state index is -1.60. The van der Waals surface area contributed by atoms with Crippen LogP contribution in [0.25, 0.3) is 0 Å². The average Bonchev–Trinajstić information content (AvgIpc) is 2.46. The fourth-order valence-electron chi connectivity index (χ4n) is 1.77. The summed E-state index contributed by atoms with van der Waals surface area (Å²) < 4.78 is 5.23. The lowest BCUT2D eigenvalue weighted by Gasteiger charge is -2.26. The summed E-state index contributed by atoms with van der Waals surface area (Å²) in [7, 11) is 0. The number of esters is 1. The van der Waals surface area contributed by atoms with Gasteiger partial charge in [0.1, 0.15) is 0 Å². The van der Waals surface area contributed by atoms with Crippen molar-refractivity contribution in [1.29, 1.82) is 0 Å². The Bertz CT molecular complexity index is 530. The first-order valence-electron chi connectivity index (χ1n) is 5.68. The van der Waals surface area contributed by atoms with Crippen molar-refractivity contribution in [3.63, 3.8) is 0 Å². The largest absolute Gasteiger partial charge is 0.438 e. The molecule has 5 nitrogen and oxygen atoms in total. The Morgan fingerprint density at radius 1 is 1.11 bits per heavy atom. The molecule has 0 aromatic carbocycles. The minimum absolute atomic E-state index is 0.318. The summed E-state index contributed by atoms with van der Waals surface area (Å²) in [6.45, 7) is 1.24. The van der Waals surface area contributed by atoms with Gasteiger partial charge in [-0.2, -0.15) is 0 Å². The minimum Gasteiger partial charge on any atom is -0.438 e. The van der Waals surface area contributed by atoms with E-state index in [9.17, 15) is 9.59 Å². The highest BCUT2D eigenvalue weighted by atomic mass is 16.6. The SMILES string of the molecule is CC(=O)OC(C=O)(c1ccccn1)c1ccccn1. The summed E-state index contributed by atoms with van der Waals surface area (Å²) in [5, 5.41) is 0. The number of aromatic nitrogens is 2. The van der Waals surface area contributed by atoms with Gasteiger partial charge in [0, 0.05) is 19.3 Å². The summed E-state index contributed by atoms with van der Waals surface area (Å²) in [5.74, 6) is -0.580. The third kappa shape index (κ3) is 2.49. The lowest BCUT2D eigenvalue weighted by atomic mass is 9.95. The van der Waals surface area contributed by atoms with E-state index in [1.807, 2.05) is 0 Å². The molecule has 0 aliphatic heterocycles. The molecule has 19 heavy (non-hydrogen) atoms. The molecule has 2 rings (SSSR count). The van der Waals surface area contributed by atoms with Crippen LogP contribution >= 0.6 is 0 Å². The number of hydrogen-bond donors (Lipinski definition) is 0. The predicted molar refractivity (Wildman–Crippen MR) is 67.1 cm³/mol. The highest BCUT2D eigenvalue weighted by Gasteiger charge is 2.40. The molecule has 5 heteroatoms. The first kappa shape index (κ1) is 12.9. The molecule has 0 saturated carbocycles. The third-order valence-electron chi connectivity index (χ3n) is 2.56. The number of ether oxygens (including phenoxy) is 1. The van der Waals surface area contributed by atoms with Crippen LogP contribution < -0.4 is 0 Å². The molecule has 0 bridgehead atoms. The summed E-state index contributed by atoms with van der Waals surface area (Å²) >= 11 is 0. The monoisotopic (exact) mass is 256 g/mol. The zero-order valence-corrected chi connectivity index (χ0v) is 10.3. The fourth-order valence-corrected chi connectivity index (χ4v) is 1.77. The highest BCUT2D eigenvalue weighted by Crippen LogP contribution is 2.29. The molecule has 0 radical (unpaired) electrons. The third-order valence-corrected chi connectivity index (χ3v) is 2.56. The molecule has 0 saturated heterocycles. The van der Waals surface area contributed by atoms with Crippen LogP contribution in [0.4, 0.5) is 0 Å². The van der Waals surface area contributed by atoms with Crippen molar-refractivity contribution in [1.82, 2.24) is 9.97 Å². The first-order chi connectivity index (χ1) is 9.19. The standard InChI is InChI=1S/C14H12N2O3/c1-11(18)19-14(10-17,12-6-2-4-8-15-12)13-7-3-5-9-16-13/h2-10H,1H3. The Morgan fingerprint density at radius 3 is 1.95 bits per heavy atom. The van der Waals surface area contributed by atoms with Gasteiger partial charge >= 0.3 is 5.97 Å². The van der Waals surface area contributed by atoms with Gasteiger partial charge in [-0.1, -0.05) is 12.1 Å². The average molecular weight is 256 g/mol. The zero-order chi connectivity index (χ0) is 13.7. The van der Waals surface area contributed by atoms with E-state index in [2.05, 4.69) is 9.97 Å². The molecule has 0 amide bonds. The maximum atomic E-state index is 11.6. The number of rotatable bonds is 4. The maximum absolute atomic E-state index is 11.6. The molecule has 0 aliphatic carbocycles. The molecule has 0 atom stereocenters. The van der Waals surface area contributed by atoms with E-state index in [1.165, 1.54) is 19.3 Å². The van der Waals surface area contributed by atoms with E-state index in [-0.39, 0.29) is 0 Å². The van der Waals surface area contributed by atoms with Gasteiger partial charge in [0.05, 0.1) is 11.4 Å². The van der Waals surface area contributed by atoms with Crippen LogP contribution in [0.15, 0.2) is 48.8 Å². The van der Waals surface area contributed by atoms with Crippen LogP contribution in [0.3, 0.4) is 0 Å². The summed E-state index contributed by atoms with van der Waals surface area (Å²) in [6.07, 6.45) is 3.60. The van der Waals surface area contributed by atoms with Crippen LogP contribution in [-0.2, 0) is 19.9 Å². The topological polar surface area (TPSA) is 69.2 Å². The normalized spacial score (nSPS) is 10.8. The van der Waals surface area contributed by atoms with E-state index in [0.29, 0.717) is 17.7 Å². The van der Waals surface area contributed by atoms with Gasteiger partial charge in [0.2, 0.25) is 5.60 Å². The second kappa shape index (κ2) is 5.39. The Hall–Kier alpha value is -2.56.